The summed E-state index contributed by atoms with van der Waals surface area (Å²) in [5, 5.41) is 0. The zero-order chi connectivity index (χ0) is 10.3. The predicted molar refractivity (Wildman–Crippen MR) is 57.3 cm³/mol. The predicted octanol–water partition coefficient (Wildman–Crippen LogP) is 2.40. The maximum atomic E-state index is 4.36. The van der Waals surface area contributed by atoms with Gasteiger partial charge in [-0.15, -0.1) is 0 Å². The Morgan fingerprint density at radius 1 is 1.36 bits per heavy atom. The Morgan fingerprint density at radius 3 is 2.71 bits per heavy atom. The van der Waals surface area contributed by atoms with Gasteiger partial charge in [-0.05, 0) is 24.5 Å². The molecule has 0 aromatic carbocycles. The van der Waals surface area contributed by atoms with Crippen LogP contribution in [0.2, 0.25) is 0 Å². The molecule has 14 heavy (non-hydrogen) atoms. The molecule has 0 aliphatic heterocycles. The van der Waals surface area contributed by atoms with Crippen LogP contribution in [0.15, 0.2) is 12.3 Å². The minimum absolute atomic E-state index is 0.516. The molecule has 0 bridgehead atoms. The van der Waals surface area contributed by atoms with E-state index < -0.39 is 0 Å². The van der Waals surface area contributed by atoms with E-state index in [0.29, 0.717) is 5.92 Å². The van der Waals surface area contributed by atoms with Gasteiger partial charge in [0.15, 0.2) is 5.65 Å². The fourth-order valence-electron chi connectivity index (χ4n) is 1.51. The Morgan fingerprint density at radius 2 is 2.07 bits per heavy atom. The van der Waals surface area contributed by atoms with Gasteiger partial charge in [0.2, 0.25) is 0 Å². The summed E-state index contributed by atoms with van der Waals surface area (Å²) < 4.78 is 2.08. The van der Waals surface area contributed by atoms with Crippen molar-refractivity contribution in [3.8, 4) is 0 Å². The Kier molecular flexibility index (Phi) is 2.02. The summed E-state index contributed by atoms with van der Waals surface area (Å²) >= 11 is 0. The van der Waals surface area contributed by atoms with Crippen molar-refractivity contribution in [3.05, 3.63) is 23.7 Å². The van der Waals surface area contributed by atoms with Crippen LogP contribution in [0.25, 0.3) is 11.2 Å². The molecule has 2 aromatic rings. The van der Waals surface area contributed by atoms with Crippen LogP contribution in [0, 0.1) is 6.92 Å². The number of aryl methyl sites for hydroxylation is 2. The molecule has 2 rings (SSSR count). The maximum absolute atomic E-state index is 4.36. The van der Waals surface area contributed by atoms with Gasteiger partial charge in [0, 0.05) is 13.2 Å². The molecular formula is C11H15N3. The van der Waals surface area contributed by atoms with Crippen LogP contribution in [0.1, 0.15) is 31.2 Å². The van der Waals surface area contributed by atoms with E-state index in [1.165, 1.54) is 5.56 Å². The molecule has 0 spiro atoms. The van der Waals surface area contributed by atoms with Gasteiger partial charge in [0.25, 0.3) is 0 Å². The average molecular weight is 189 g/mol. The van der Waals surface area contributed by atoms with Crippen molar-refractivity contribution < 1.29 is 0 Å². The molecule has 0 radical (unpaired) electrons. The fraction of sp³-hybridized carbons (Fsp3) is 0.455. The summed E-state index contributed by atoms with van der Waals surface area (Å²) in [6, 6.07) is 2.17. The van der Waals surface area contributed by atoms with E-state index in [9.17, 15) is 0 Å². The first kappa shape index (κ1) is 9.19. The van der Waals surface area contributed by atoms with Crippen LogP contribution in [-0.4, -0.2) is 14.5 Å². The van der Waals surface area contributed by atoms with Crippen LogP contribution in [0.4, 0.5) is 0 Å². The molecule has 0 saturated heterocycles. The summed E-state index contributed by atoms with van der Waals surface area (Å²) in [5.74, 6) is 1.52. The number of imidazole rings is 1. The van der Waals surface area contributed by atoms with Gasteiger partial charge in [-0.3, -0.25) is 0 Å². The van der Waals surface area contributed by atoms with E-state index in [-0.39, 0.29) is 0 Å². The summed E-state index contributed by atoms with van der Waals surface area (Å²) in [6.07, 6.45) is 1.92. The Hall–Kier alpha value is -1.38. The minimum Gasteiger partial charge on any atom is -0.330 e. The summed E-state index contributed by atoms with van der Waals surface area (Å²) in [7, 11) is 2.02. The smallest absolute Gasteiger partial charge is 0.177 e. The molecule has 2 heterocycles. The van der Waals surface area contributed by atoms with Crippen molar-refractivity contribution in [1.29, 1.82) is 0 Å². The lowest BCUT2D eigenvalue weighted by atomic mass is 10.1. The third-order valence-corrected chi connectivity index (χ3v) is 2.65. The molecule has 0 amide bonds. The average Bonchev–Trinajstić information content (AvgIpc) is 2.43. The molecule has 0 atom stereocenters. The fourth-order valence-corrected chi connectivity index (χ4v) is 1.51. The monoisotopic (exact) mass is 189 g/mol. The SMILES string of the molecule is Cc1nc2ncc(C(C)C)cc2n1C. The molecular weight excluding hydrogens is 174 g/mol. The van der Waals surface area contributed by atoms with Crippen molar-refractivity contribution >= 4 is 11.2 Å². The highest BCUT2D eigenvalue weighted by atomic mass is 15.1. The third-order valence-electron chi connectivity index (χ3n) is 2.65. The summed E-state index contributed by atoms with van der Waals surface area (Å²) in [4.78, 5) is 8.72. The molecule has 74 valence electrons. The van der Waals surface area contributed by atoms with Crippen LogP contribution >= 0.6 is 0 Å². The summed E-state index contributed by atoms with van der Waals surface area (Å²) in [6.45, 7) is 6.34. The summed E-state index contributed by atoms with van der Waals surface area (Å²) in [5.41, 5.74) is 3.23. The maximum Gasteiger partial charge on any atom is 0.177 e. The van der Waals surface area contributed by atoms with Gasteiger partial charge in [-0.2, -0.15) is 0 Å². The lowest BCUT2D eigenvalue weighted by Crippen LogP contribution is -1.93. The molecule has 0 N–H and O–H groups in total. The van der Waals surface area contributed by atoms with Crippen molar-refractivity contribution in [2.24, 2.45) is 7.05 Å². The number of hydrogen-bond donors (Lipinski definition) is 0. The first-order valence-corrected chi connectivity index (χ1v) is 4.88. The number of fused-ring (bicyclic) bond motifs is 1. The van der Waals surface area contributed by atoms with Crippen molar-refractivity contribution in [3.63, 3.8) is 0 Å². The zero-order valence-corrected chi connectivity index (χ0v) is 9.07. The lowest BCUT2D eigenvalue weighted by Gasteiger charge is -2.04. The van der Waals surface area contributed by atoms with Crippen molar-refractivity contribution in [2.75, 3.05) is 0 Å². The Labute approximate surface area is 83.8 Å². The first-order valence-electron chi connectivity index (χ1n) is 4.88. The number of rotatable bonds is 1. The van der Waals surface area contributed by atoms with E-state index >= 15 is 0 Å². The van der Waals surface area contributed by atoms with Gasteiger partial charge < -0.3 is 4.57 Å². The standard InChI is InChI=1S/C11H15N3/c1-7(2)9-5-10-11(12-6-9)13-8(3)14(10)4/h5-7H,1-4H3. The van der Waals surface area contributed by atoms with Crippen molar-refractivity contribution in [2.45, 2.75) is 26.7 Å². The quantitative estimate of drug-likeness (QED) is 0.689. The largest absolute Gasteiger partial charge is 0.330 e. The first-order chi connectivity index (χ1) is 6.59. The molecule has 0 saturated carbocycles. The molecule has 0 aliphatic rings. The number of pyridine rings is 1. The normalized spacial score (nSPS) is 11.5. The van der Waals surface area contributed by atoms with E-state index in [1.807, 2.05) is 20.2 Å². The molecule has 3 nitrogen and oxygen atoms in total. The van der Waals surface area contributed by atoms with Gasteiger partial charge in [-0.1, -0.05) is 13.8 Å². The van der Waals surface area contributed by atoms with Crippen LogP contribution < -0.4 is 0 Å². The minimum atomic E-state index is 0.516. The van der Waals surface area contributed by atoms with Gasteiger partial charge in [0.1, 0.15) is 5.82 Å². The number of hydrogen-bond acceptors (Lipinski definition) is 2. The molecule has 2 aromatic heterocycles. The van der Waals surface area contributed by atoms with E-state index in [4.69, 9.17) is 0 Å². The van der Waals surface area contributed by atoms with E-state index in [2.05, 4.69) is 34.4 Å². The second-order valence-electron chi connectivity index (χ2n) is 3.98. The van der Waals surface area contributed by atoms with Crippen LogP contribution in [-0.2, 0) is 7.05 Å². The third kappa shape index (κ3) is 1.29. The van der Waals surface area contributed by atoms with Gasteiger partial charge >= 0.3 is 0 Å². The van der Waals surface area contributed by atoms with E-state index in [0.717, 1.165) is 17.0 Å². The van der Waals surface area contributed by atoms with Gasteiger partial charge in [0.05, 0.1) is 5.52 Å². The lowest BCUT2D eigenvalue weighted by molar-refractivity contribution is 0.855. The molecule has 0 unspecified atom stereocenters. The number of nitrogens with zero attached hydrogens (tertiary/aromatic N) is 3. The molecule has 0 fully saturated rings. The van der Waals surface area contributed by atoms with Crippen molar-refractivity contribution in [1.82, 2.24) is 14.5 Å². The second kappa shape index (κ2) is 3.08. The topological polar surface area (TPSA) is 30.7 Å². The highest BCUT2D eigenvalue weighted by molar-refractivity contribution is 5.72. The second-order valence-corrected chi connectivity index (χ2v) is 3.98. The Bertz CT molecular complexity index is 469. The van der Waals surface area contributed by atoms with Crippen LogP contribution in [0.3, 0.4) is 0 Å². The van der Waals surface area contributed by atoms with E-state index in [1.54, 1.807) is 0 Å². The highest BCUT2D eigenvalue weighted by Gasteiger charge is 2.07. The number of aromatic nitrogens is 3. The Balaban J connectivity index is 2.69. The highest BCUT2D eigenvalue weighted by Crippen LogP contribution is 2.19. The zero-order valence-electron chi connectivity index (χ0n) is 9.07. The molecule has 0 aliphatic carbocycles. The van der Waals surface area contributed by atoms with Crippen LogP contribution in [0.5, 0.6) is 0 Å². The van der Waals surface area contributed by atoms with Gasteiger partial charge in [-0.25, -0.2) is 9.97 Å². The molecule has 3 heteroatoms.